The van der Waals surface area contributed by atoms with Gasteiger partial charge in [-0.1, -0.05) is 12.1 Å². The number of nitrogens with one attached hydrogen (secondary N) is 1. The number of carbonyl (C=O) groups is 1. The van der Waals surface area contributed by atoms with Crippen LogP contribution < -0.4 is 5.32 Å². The molecule has 0 fully saturated rings. The first-order chi connectivity index (χ1) is 10.5. The lowest BCUT2D eigenvalue weighted by atomic mass is 10.2. The van der Waals surface area contributed by atoms with Gasteiger partial charge in [-0.2, -0.15) is 4.68 Å². The highest BCUT2D eigenvalue weighted by Gasteiger charge is 2.16. The lowest BCUT2D eigenvalue weighted by Crippen LogP contribution is -2.15. The minimum atomic E-state index is -0.635. The van der Waals surface area contributed by atoms with E-state index in [2.05, 4.69) is 10.4 Å². The molecule has 10 heteroatoms. The standard InChI is InChI=1S/C12H11N5O5/c18-12(6-8-15-7-5-11(14-15)17(21)22)13-9-3-1-2-4-10(9)16(19)20/h1-5,7H,6,8H2,(H,13,18). The number of hydrogen-bond acceptors (Lipinski definition) is 6. The van der Waals surface area contributed by atoms with E-state index >= 15 is 0 Å². The molecule has 0 saturated heterocycles. The first-order valence-corrected chi connectivity index (χ1v) is 6.18. The molecular weight excluding hydrogens is 294 g/mol. The second kappa shape index (κ2) is 6.43. The highest BCUT2D eigenvalue weighted by molar-refractivity contribution is 5.92. The van der Waals surface area contributed by atoms with Gasteiger partial charge in [0.25, 0.3) is 5.69 Å². The van der Waals surface area contributed by atoms with E-state index in [1.807, 2.05) is 0 Å². The van der Waals surface area contributed by atoms with Crippen molar-refractivity contribution >= 4 is 23.1 Å². The molecule has 1 aromatic carbocycles. The summed E-state index contributed by atoms with van der Waals surface area (Å²) in [6, 6.07) is 7.00. The molecule has 0 aliphatic heterocycles. The molecule has 1 heterocycles. The van der Waals surface area contributed by atoms with Crippen molar-refractivity contribution in [2.24, 2.45) is 0 Å². The van der Waals surface area contributed by atoms with E-state index in [1.165, 1.54) is 35.1 Å². The molecule has 0 unspecified atom stereocenters. The predicted octanol–water partition coefficient (Wildman–Crippen LogP) is 1.73. The lowest BCUT2D eigenvalue weighted by Gasteiger charge is -2.05. The average Bonchev–Trinajstić information content (AvgIpc) is 2.94. The summed E-state index contributed by atoms with van der Waals surface area (Å²) in [5.74, 6) is -0.758. The molecule has 0 bridgehead atoms. The van der Waals surface area contributed by atoms with Gasteiger partial charge in [0.15, 0.2) is 0 Å². The number of aryl methyl sites for hydroxylation is 1. The van der Waals surface area contributed by atoms with Gasteiger partial charge >= 0.3 is 5.82 Å². The van der Waals surface area contributed by atoms with Crippen molar-refractivity contribution in [2.75, 3.05) is 5.32 Å². The third-order valence-electron chi connectivity index (χ3n) is 2.76. The number of hydrogen-bond donors (Lipinski definition) is 1. The van der Waals surface area contributed by atoms with Crippen LogP contribution in [0.15, 0.2) is 36.5 Å². The van der Waals surface area contributed by atoms with Crippen LogP contribution in [0.25, 0.3) is 0 Å². The highest BCUT2D eigenvalue weighted by atomic mass is 16.6. The average molecular weight is 305 g/mol. The molecule has 2 aromatic rings. The Morgan fingerprint density at radius 2 is 1.91 bits per heavy atom. The van der Waals surface area contributed by atoms with Gasteiger partial charge in [0, 0.05) is 12.5 Å². The summed E-state index contributed by atoms with van der Waals surface area (Å²) in [5.41, 5.74) is -0.102. The maximum absolute atomic E-state index is 11.8. The second-order valence-electron chi connectivity index (χ2n) is 4.27. The Labute approximate surface area is 123 Å². The Bertz CT molecular complexity index is 726. The minimum Gasteiger partial charge on any atom is -0.358 e. The van der Waals surface area contributed by atoms with Crippen molar-refractivity contribution in [1.29, 1.82) is 0 Å². The molecule has 1 N–H and O–H groups in total. The first-order valence-electron chi connectivity index (χ1n) is 6.18. The number of carbonyl (C=O) groups excluding carboxylic acids is 1. The van der Waals surface area contributed by atoms with Gasteiger partial charge in [-0.15, -0.1) is 0 Å². The molecule has 1 amide bonds. The van der Waals surface area contributed by atoms with E-state index in [0.717, 1.165) is 0 Å². The predicted molar refractivity (Wildman–Crippen MR) is 75.2 cm³/mol. The van der Waals surface area contributed by atoms with E-state index in [1.54, 1.807) is 6.07 Å². The van der Waals surface area contributed by atoms with E-state index in [-0.39, 0.29) is 30.2 Å². The fourth-order valence-electron chi connectivity index (χ4n) is 1.74. The monoisotopic (exact) mass is 305 g/mol. The molecule has 22 heavy (non-hydrogen) atoms. The maximum atomic E-state index is 11.8. The summed E-state index contributed by atoms with van der Waals surface area (Å²) in [5, 5.41) is 27.4. The van der Waals surface area contributed by atoms with Crippen LogP contribution in [0.2, 0.25) is 0 Å². The zero-order valence-corrected chi connectivity index (χ0v) is 11.2. The Hall–Kier alpha value is -3.30. The molecule has 114 valence electrons. The van der Waals surface area contributed by atoms with Crippen molar-refractivity contribution in [3.05, 3.63) is 56.8 Å². The Kier molecular flexibility index (Phi) is 4.41. The van der Waals surface area contributed by atoms with Crippen LogP contribution >= 0.6 is 0 Å². The van der Waals surface area contributed by atoms with Crippen LogP contribution in [0, 0.1) is 20.2 Å². The van der Waals surface area contributed by atoms with E-state index in [9.17, 15) is 25.0 Å². The van der Waals surface area contributed by atoms with Crippen LogP contribution in [-0.2, 0) is 11.3 Å². The number of rotatable bonds is 6. The SMILES string of the molecule is O=C(CCn1ccc([N+](=O)[O-])n1)Nc1ccccc1[N+](=O)[O-]. The summed E-state index contributed by atoms with van der Waals surface area (Å²) in [6.45, 7) is 0.125. The number of para-hydroxylation sites is 2. The molecular formula is C12H11N5O5. The molecule has 0 aliphatic carbocycles. The second-order valence-corrected chi connectivity index (χ2v) is 4.27. The van der Waals surface area contributed by atoms with Crippen molar-refractivity contribution < 1.29 is 14.6 Å². The molecule has 0 saturated carbocycles. The Morgan fingerprint density at radius 3 is 2.55 bits per heavy atom. The number of nitrogens with zero attached hydrogens (tertiary/aromatic N) is 4. The van der Waals surface area contributed by atoms with Crippen LogP contribution in [0.1, 0.15) is 6.42 Å². The van der Waals surface area contributed by atoms with Crippen LogP contribution in [-0.4, -0.2) is 25.5 Å². The lowest BCUT2D eigenvalue weighted by molar-refractivity contribution is -0.389. The smallest absolute Gasteiger partial charge is 0.358 e. The highest BCUT2D eigenvalue weighted by Crippen LogP contribution is 2.23. The van der Waals surface area contributed by atoms with Crippen LogP contribution in [0.3, 0.4) is 0 Å². The molecule has 0 spiro atoms. The third-order valence-corrected chi connectivity index (χ3v) is 2.76. The fraction of sp³-hybridized carbons (Fsp3) is 0.167. The van der Waals surface area contributed by atoms with Gasteiger partial charge in [-0.3, -0.25) is 14.9 Å². The van der Waals surface area contributed by atoms with Crippen molar-refractivity contribution in [1.82, 2.24) is 9.78 Å². The van der Waals surface area contributed by atoms with Gasteiger partial charge in [-0.05, 0) is 11.0 Å². The first kappa shape index (κ1) is 15.1. The van der Waals surface area contributed by atoms with Gasteiger partial charge in [0.05, 0.1) is 28.8 Å². The summed E-state index contributed by atoms with van der Waals surface area (Å²) < 4.78 is 1.26. The number of nitro benzene ring substituents is 1. The van der Waals surface area contributed by atoms with Gasteiger partial charge < -0.3 is 15.4 Å². The van der Waals surface area contributed by atoms with Crippen molar-refractivity contribution in [2.45, 2.75) is 13.0 Å². The minimum absolute atomic E-state index is 0.0229. The van der Waals surface area contributed by atoms with Gasteiger partial charge in [-0.25, -0.2) is 0 Å². The maximum Gasteiger partial charge on any atom is 0.389 e. The number of anilines is 1. The third kappa shape index (κ3) is 3.62. The number of benzene rings is 1. The number of amides is 1. The molecule has 0 atom stereocenters. The number of nitro groups is 2. The summed E-state index contributed by atoms with van der Waals surface area (Å²) in [4.78, 5) is 31.9. The molecule has 0 radical (unpaired) electrons. The molecule has 2 rings (SSSR count). The zero-order chi connectivity index (χ0) is 16.1. The van der Waals surface area contributed by atoms with Crippen molar-refractivity contribution in [3.63, 3.8) is 0 Å². The normalized spacial score (nSPS) is 10.2. The summed E-state index contributed by atoms with van der Waals surface area (Å²) >= 11 is 0. The van der Waals surface area contributed by atoms with E-state index < -0.39 is 15.8 Å². The van der Waals surface area contributed by atoms with Gasteiger partial charge in [0.1, 0.15) is 5.69 Å². The quantitative estimate of drug-likeness (QED) is 0.638. The van der Waals surface area contributed by atoms with E-state index in [4.69, 9.17) is 0 Å². The Morgan fingerprint density at radius 1 is 1.18 bits per heavy atom. The largest absolute Gasteiger partial charge is 0.389 e. The molecule has 1 aromatic heterocycles. The topological polar surface area (TPSA) is 133 Å². The van der Waals surface area contributed by atoms with Crippen LogP contribution in [0.5, 0.6) is 0 Å². The van der Waals surface area contributed by atoms with Crippen LogP contribution in [0.4, 0.5) is 17.2 Å². The van der Waals surface area contributed by atoms with Gasteiger partial charge in [0.2, 0.25) is 5.91 Å². The van der Waals surface area contributed by atoms with E-state index in [0.29, 0.717) is 0 Å². The fourth-order valence-corrected chi connectivity index (χ4v) is 1.74. The summed E-state index contributed by atoms with van der Waals surface area (Å²) in [6.07, 6.45) is 1.36. The zero-order valence-electron chi connectivity index (χ0n) is 11.2. The molecule has 0 aliphatic rings. The number of aromatic nitrogens is 2. The summed E-state index contributed by atoms with van der Waals surface area (Å²) in [7, 11) is 0. The Balaban J connectivity index is 1.96. The molecule has 10 nitrogen and oxygen atoms in total. The van der Waals surface area contributed by atoms with Crippen molar-refractivity contribution in [3.8, 4) is 0 Å².